The van der Waals surface area contributed by atoms with Crippen molar-refractivity contribution in [3.63, 3.8) is 0 Å². The van der Waals surface area contributed by atoms with Gasteiger partial charge >= 0.3 is 5.76 Å². The van der Waals surface area contributed by atoms with Gasteiger partial charge in [-0.3, -0.25) is 4.79 Å². The third-order valence-corrected chi connectivity index (χ3v) is 7.59. The number of carbonyl (C=O) groups is 1. The molecule has 0 saturated carbocycles. The monoisotopic (exact) mass is 491 g/mol. The molecular weight excluding hydrogens is 476 g/mol. The van der Waals surface area contributed by atoms with Gasteiger partial charge in [-0.15, -0.1) is 11.8 Å². The summed E-state index contributed by atoms with van der Waals surface area (Å²) in [6.07, 6.45) is 0. The summed E-state index contributed by atoms with van der Waals surface area (Å²) in [5, 5.41) is -0.364. The normalized spacial score (nSPS) is 17.2. The van der Waals surface area contributed by atoms with Crippen molar-refractivity contribution in [2.45, 2.75) is 16.0 Å². The maximum Gasteiger partial charge on any atom is 0.341 e. The molecular formula is C18H16BrF2NO4S2. The van der Waals surface area contributed by atoms with Gasteiger partial charge in [0.2, 0.25) is 9.84 Å². The lowest BCUT2D eigenvalue weighted by molar-refractivity contribution is 0.0756. The number of hydrogen-bond donors (Lipinski definition) is 0. The van der Waals surface area contributed by atoms with Crippen LogP contribution in [0.5, 0.6) is 5.75 Å². The van der Waals surface area contributed by atoms with Gasteiger partial charge in [-0.05, 0) is 45.8 Å². The van der Waals surface area contributed by atoms with E-state index in [1.165, 1.54) is 34.9 Å². The first kappa shape index (κ1) is 21.1. The molecule has 2 aromatic rings. The first-order valence-corrected chi connectivity index (χ1v) is 11.5. The van der Waals surface area contributed by atoms with Crippen LogP contribution in [0.4, 0.5) is 8.78 Å². The van der Waals surface area contributed by atoms with Crippen molar-refractivity contribution >= 4 is 43.4 Å². The summed E-state index contributed by atoms with van der Waals surface area (Å²) >= 11 is 4.92. The van der Waals surface area contributed by atoms with E-state index < -0.39 is 26.4 Å². The molecule has 1 atom stereocenters. The molecule has 0 N–H and O–H groups in total. The number of ether oxygens (including phenoxy) is 1. The minimum Gasteiger partial charge on any atom is -0.496 e. The van der Waals surface area contributed by atoms with E-state index in [4.69, 9.17) is 4.74 Å². The second kappa shape index (κ2) is 8.38. The predicted molar refractivity (Wildman–Crippen MR) is 107 cm³/mol. The van der Waals surface area contributed by atoms with E-state index in [2.05, 4.69) is 15.9 Å². The molecule has 0 spiro atoms. The van der Waals surface area contributed by atoms with Crippen molar-refractivity contribution in [1.29, 1.82) is 0 Å². The lowest BCUT2D eigenvalue weighted by Gasteiger charge is -2.25. The zero-order valence-corrected chi connectivity index (χ0v) is 17.9. The van der Waals surface area contributed by atoms with Gasteiger partial charge in [-0.2, -0.15) is 8.78 Å². The third kappa shape index (κ3) is 3.90. The van der Waals surface area contributed by atoms with Gasteiger partial charge in [0.15, 0.2) is 0 Å². The highest BCUT2D eigenvalue weighted by molar-refractivity contribution is 9.10. The Morgan fingerprint density at radius 1 is 1.29 bits per heavy atom. The number of alkyl halides is 2. The van der Waals surface area contributed by atoms with Crippen LogP contribution >= 0.6 is 27.7 Å². The number of hydrogen-bond acceptors (Lipinski definition) is 5. The molecule has 1 fully saturated rings. The minimum absolute atomic E-state index is 0.247. The Balaban J connectivity index is 1.98. The van der Waals surface area contributed by atoms with E-state index in [0.717, 1.165) is 11.6 Å². The van der Waals surface area contributed by atoms with Crippen molar-refractivity contribution in [1.82, 2.24) is 4.90 Å². The molecule has 1 aliphatic heterocycles. The van der Waals surface area contributed by atoms with E-state index in [1.807, 2.05) is 12.1 Å². The molecule has 0 aliphatic carbocycles. The van der Waals surface area contributed by atoms with Crippen molar-refractivity contribution < 1.29 is 26.7 Å². The number of rotatable bonds is 5. The quantitative estimate of drug-likeness (QED) is 0.622. The lowest BCUT2D eigenvalue weighted by atomic mass is 10.1. The maximum absolute atomic E-state index is 13.1. The molecule has 2 aromatic carbocycles. The summed E-state index contributed by atoms with van der Waals surface area (Å²) in [7, 11) is -3.35. The van der Waals surface area contributed by atoms with Crippen molar-refractivity contribution in [3.05, 3.63) is 58.1 Å². The van der Waals surface area contributed by atoms with E-state index in [0.29, 0.717) is 22.5 Å². The second-order valence-corrected chi connectivity index (χ2v) is 9.85. The Bertz CT molecular complexity index is 1000. The number of sulfone groups is 1. The molecule has 0 aromatic heterocycles. The number of benzene rings is 2. The average molecular weight is 492 g/mol. The standard InChI is InChI=1S/C18H16BrF2NO4S2/c1-26-14-7-6-11(10-13(14)19)17-22(8-9-27-17)16(23)12-4-2-3-5-15(12)28(24,25)18(20)21/h2-7,10,17-18H,8-9H2,1H3. The van der Waals surface area contributed by atoms with Crippen LogP contribution in [0.2, 0.25) is 0 Å². The summed E-state index contributed by atoms with van der Waals surface area (Å²) in [4.78, 5) is 13.9. The second-order valence-electron chi connectivity index (χ2n) is 5.92. The highest BCUT2D eigenvalue weighted by Crippen LogP contribution is 2.41. The van der Waals surface area contributed by atoms with Crippen molar-refractivity contribution in [2.75, 3.05) is 19.4 Å². The van der Waals surface area contributed by atoms with Crippen molar-refractivity contribution in [2.24, 2.45) is 0 Å². The largest absolute Gasteiger partial charge is 0.496 e. The van der Waals surface area contributed by atoms with Crippen LogP contribution in [0.1, 0.15) is 21.3 Å². The molecule has 10 heteroatoms. The molecule has 1 saturated heterocycles. The summed E-state index contributed by atoms with van der Waals surface area (Å²) < 4.78 is 56.0. The number of thioether (sulfide) groups is 1. The molecule has 28 heavy (non-hydrogen) atoms. The van der Waals surface area contributed by atoms with E-state index >= 15 is 0 Å². The van der Waals surface area contributed by atoms with Crippen LogP contribution in [0, 0.1) is 0 Å². The highest BCUT2D eigenvalue weighted by atomic mass is 79.9. The van der Waals surface area contributed by atoms with Crippen LogP contribution < -0.4 is 4.74 Å². The molecule has 0 radical (unpaired) electrons. The third-order valence-electron chi connectivity index (χ3n) is 4.27. The summed E-state index contributed by atoms with van der Waals surface area (Å²) in [6.45, 7) is 0.376. The van der Waals surface area contributed by atoms with Gasteiger partial charge in [0.05, 0.1) is 22.0 Å². The summed E-state index contributed by atoms with van der Waals surface area (Å²) in [6, 6.07) is 10.5. The summed E-state index contributed by atoms with van der Waals surface area (Å²) in [5.41, 5.74) is 0.570. The van der Waals surface area contributed by atoms with Gasteiger partial charge in [0.25, 0.3) is 5.91 Å². The number of methoxy groups -OCH3 is 1. The van der Waals surface area contributed by atoms with Gasteiger partial charge in [-0.1, -0.05) is 18.2 Å². The number of nitrogens with zero attached hydrogens (tertiary/aromatic N) is 1. The van der Waals surface area contributed by atoms with E-state index in [-0.39, 0.29) is 10.9 Å². The number of carbonyl (C=O) groups excluding carboxylic acids is 1. The number of halogens is 3. The molecule has 150 valence electrons. The molecule has 1 amide bonds. The van der Waals surface area contributed by atoms with Gasteiger partial charge < -0.3 is 9.64 Å². The van der Waals surface area contributed by atoms with Crippen LogP contribution in [0.15, 0.2) is 51.8 Å². The highest BCUT2D eigenvalue weighted by Gasteiger charge is 2.36. The molecule has 3 rings (SSSR count). The zero-order chi connectivity index (χ0) is 20.5. The molecule has 0 bridgehead atoms. The van der Waals surface area contributed by atoms with E-state index in [1.54, 1.807) is 13.2 Å². The van der Waals surface area contributed by atoms with Crippen LogP contribution in [-0.4, -0.2) is 44.4 Å². The van der Waals surface area contributed by atoms with Crippen LogP contribution in [0.3, 0.4) is 0 Å². The first-order chi connectivity index (χ1) is 13.3. The minimum atomic E-state index is -4.89. The first-order valence-electron chi connectivity index (χ1n) is 8.14. The van der Waals surface area contributed by atoms with Gasteiger partial charge in [0, 0.05) is 12.3 Å². The Morgan fingerprint density at radius 2 is 2.00 bits per heavy atom. The lowest BCUT2D eigenvalue weighted by Crippen LogP contribution is -2.32. The Morgan fingerprint density at radius 3 is 2.64 bits per heavy atom. The van der Waals surface area contributed by atoms with Crippen LogP contribution in [0.25, 0.3) is 0 Å². The van der Waals surface area contributed by atoms with Crippen molar-refractivity contribution in [3.8, 4) is 5.75 Å². The molecule has 1 aliphatic rings. The van der Waals surface area contributed by atoms with Gasteiger partial charge in [0.1, 0.15) is 11.1 Å². The molecule has 1 heterocycles. The Labute approximate surface area is 174 Å². The predicted octanol–water partition coefficient (Wildman–Crippen LogP) is 4.34. The fourth-order valence-corrected chi connectivity index (χ4v) is 5.66. The maximum atomic E-state index is 13.1. The topological polar surface area (TPSA) is 63.7 Å². The molecule has 5 nitrogen and oxygen atoms in total. The summed E-state index contributed by atoms with van der Waals surface area (Å²) in [5.74, 6) is -2.91. The average Bonchev–Trinajstić information content (AvgIpc) is 3.17. The zero-order valence-electron chi connectivity index (χ0n) is 14.6. The van der Waals surface area contributed by atoms with E-state index in [9.17, 15) is 22.0 Å². The fraction of sp³-hybridized carbons (Fsp3) is 0.278. The SMILES string of the molecule is COc1ccc(C2SCCN2C(=O)c2ccccc2S(=O)(=O)C(F)F)cc1Br. The molecule has 1 unspecified atom stereocenters. The van der Waals surface area contributed by atoms with Crippen LogP contribution in [-0.2, 0) is 9.84 Å². The smallest absolute Gasteiger partial charge is 0.341 e. The fourth-order valence-electron chi connectivity index (χ4n) is 2.93. The Kier molecular flexibility index (Phi) is 6.31. The Hall–Kier alpha value is -1.65. The van der Waals surface area contributed by atoms with Gasteiger partial charge in [-0.25, -0.2) is 8.42 Å². The number of amides is 1.